The molecule has 21 heavy (non-hydrogen) atoms. The standard InChI is InChI=1S/C15H13ClN4O/c1-8-4-10(6-19-14(8)16)20-15(21)12-7-18-13-3-2-9(17)5-11(12)13/h2-7,18H,17H2,1H3,(H,20,21). The highest BCUT2D eigenvalue weighted by Crippen LogP contribution is 2.22. The van der Waals surface area contributed by atoms with Crippen molar-refractivity contribution < 1.29 is 4.79 Å². The maximum Gasteiger partial charge on any atom is 0.257 e. The Morgan fingerprint density at radius 2 is 2.19 bits per heavy atom. The van der Waals surface area contributed by atoms with Gasteiger partial charge in [0.05, 0.1) is 17.4 Å². The van der Waals surface area contributed by atoms with Gasteiger partial charge >= 0.3 is 0 Å². The fourth-order valence-corrected chi connectivity index (χ4v) is 2.25. The number of aryl methyl sites for hydroxylation is 1. The first-order valence-corrected chi connectivity index (χ1v) is 6.72. The van der Waals surface area contributed by atoms with E-state index in [1.54, 1.807) is 24.4 Å². The highest BCUT2D eigenvalue weighted by Gasteiger charge is 2.13. The van der Waals surface area contributed by atoms with Gasteiger partial charge in [0.25, 0.3) is 5.91 Å². The van der Waals surface area contributed by atoms with Gasteiger partial charge < -0.3 is 16.0 Å². The molecular weight excluding hydrogens is 288 g/mol. The normalized spacial score (nSPS) is 10.8. The molecule has 3 rings (SSSR count). The predicted octanol–water partition coefficient (Wildman–Crippen LogP) is 3.36. The molecule has 4 N–H and O–H groups in total. The molecule has 0 bridgehead atoms. The lowest BCUT2D eigenvalue weighted by Crippen LogP contribution is -2.11. The van der Waals surface area contributed by atoms with Crippen molar-refractivity contribution in [2.75, 3.05) is 11.1 Å². The fourth-order valence-electron chi connectivity index (χ4n) is 2.15. The minimum Gasteiger partial charge on any atom is -0.399 e. The number of fused-ring (bicyclic) bond motifs is 1. The van der Waals surface area contributed by atoms with Crippen LogP contribution < -0.4 is 11.1 Å². The van der Waals surface area contributed by atoms with E-state index in [4.69, 9.17) is 17.3 Å². The van der Waals surface area contributed by atoms with Gasteiger partial charge in [0.15, 0.2) is 0 Å². The molecule has 1 amide bonds. The molecule has 0 radical (unpaired) electrons. The summed E-state index contributed by atoms with van der Waals surface area (Å²) in [5.41, 5.74) is 9.18. The van der Waals surface area contributed by atoms with E-state index in [0.717, 1.165) is 16.5 Å². The largest absolute Gasteiger partial charge is 0.399 e. The summed E-state index contributed by atoms with van der Waals surface area (Å²) in [7, 11) is 0. The summed E-state index contributed by atoms with van der Waals surface area (Å²) in [5, 5.41) is 4.01. The molecule has 2 aromatic heterocycles. The van der Waals surface area contributed by atoms with Gasteiger partial charge in [-0.15, -0.1) is 0 Å². The third-order valence-corrected chi connectivity index (χ3v) is 3.62. The Labute approximate surface area is 126 Å². The summed E-state index contributed by atoms with van der Waals surface area (Å²) in [6.07, 6.45) is 3.19. The van der Waals surface area contributed by atoms with Crippen LogP contribution in [-0.2, 0) is 0 Å². The van der Waals surface area contributed by atoms with Crippen LogP contribution in [0.2, 0.25) is 5.15 Å². The molecular formula is C15H13ClN4O. The van der Waals surface area contributed by atoms with Gasteiger partial charge in [-0.2, -0.15) is 0 Å². The van der Waals surface area contributed by atoms with Crippen LogP contribution in [0.25, 0.3) is 10.9 Å². The lowest BCUT2D eigenvalue weighted by atomic mass is 10.1. The van der Waals surface area contributed by atoms with Crippen molar-refractivity contribution in [1.82, 2.24) is 9.97 Å². The lowest BCUT2D eigenvalue weighted by molar-refractivity contribution is 0.102. The number of benzene rings is 1. The quantitative estimate of drug-likeness (QED) is 0.501. The third-order valence-electron chi connectivity index (χ3n) is 3.22. The monoisotopic (exact) mass is 300 g/mol. The number of carbonyl (C=O) groups excluding carboxylic acids is 1. The minimum absolute atomic E-state index is 0.227. The summed E-state index contributed by atoms with van der Waals surface area (Å²) < 4.78 is 0. The summed E-state index contributed by atoms with van der Waals surface area (Å²) >= 11 is 5.87. The first-order chi connectivity index (χ1) is 10.0. The Balaban J connectivity index is 1.93. The maximum atomic E-state index is 12.4. The Morgan fingerprint density at radius 3 is 2.95 bits per heavy atom. The van der Waals surface area contributed by atoms with E-state index >= 15 is 0 Å². The number of H-pyrrole nitrogens is 1. The second-order valence-electron chi connectivity index (χ2n) is 4.79. The summed E-state index contributed by atoms with van der Waals surface area (Å²) in [4.78, 5) is 19.4. The summed E-state index contributed by atoms with van der Waals surface area (Å²) in [5.74, 6) is -0.227. The molecule has 2 heterocycles. The lowest BCUT2D eigenvalue weighted by Gasteiger charge is -2.06. The minimum atomic E-state index is -0.227. The smallest absolute Gasteiger partial charge is 0.257 e. The van der Waals surface area contributed by atoms with E-state index in [1.165, 1.54) is 6.20 Å². The highest BCUT2D eigenvalue weighted by molar-refractivity contribution is 6.30. The molecule has 0 saturated heterocycles. The number of amides is 1. The highest BCUT2D eigenvalue weighted by atomic mass is 35.5. The van der Waals surface area contributed by atoms with Crippen molar-refractivity contribution in [2.45, 2.75) is 6.92 Å². The van der Waals surface area contributed by atoms with Crippen molar-refractivity contribution in [3.8, 4) is 0 Å². The van der Waals surface area contributed by atoms with E-state index < -0.39 is 0 Å². The average Bonchev–Trinajstić information content (AvgIpc) is 2.86. The molecule has 106 valence electrons. The van der Waals surface area contributed by atoms with E-state index in [9.17, 15) is 4.79 Å². The summed E-state index contributed by atoms with van der Waals surface area (Å²) in [6, 6.07) is 7.17. The Bertz CT molecular complexity index is 841. The van der Waals surface area contributed by atoms with Crippen LogP contribution in [0.4, 0.5) is 11.4 Å². The van der Waals surface area contributed by atoms with Gasteiger partial charge in [0.2, 0.25) is 0 Å². The number of hydrogen-bond donors (Lipinski definition) is 3. The Morgan fingerprint density at radius 1 is 1.38 bits per heavy atom. The topological polar surface area (TPSA) is 83.8 Å². The van der Waals surface area contributed by atoms with Crippen LogP contribution in [0.15, 0.2) is 36.7 Å². The molecule has 5 nitrogen and oxygen atoms in total. The van der Waals surface area contributed by atoms with Crippen molar-refractivity contribution >= 4 is 39.8 Å². The maximum absolute atomic E-state index is 12.4. The SMILES string of the molecule is Cc1cc(NC(=O)c2c[nH]c3ccc(N)cc23)cnc1Cl. The number of nitrogens with one attached hydrogen (secondary N) is 2. The van der Waals surface area contributed by atoms with Crippen LogP contribution in [0.5, 0.6) is 0 Å². The summed E-state index contributed by atoms with van der Waals surface area (Å²) in [6.45, 7) is 1.83. The number of nitrogens with two attached hydrogens (primary N) is 1. The fraction of sp³-hybridized carbons (Fsp3) is 0.0667. The molecule has 0 atom stereocenters. The number of nitrogens with zero attached hydrogens (tertiary/aromatic N) is 1. The number of aromatic amines is 1. The predicted molar refractivity (Wildman–Crippen MR) is 84.6 cm³/mol. The number of nitrogen functional groups attached to an aromatic ring is 1. The second-order valence-corrected chi connectivity index (χ2v) is 5.15. The first kappa shape index (κ1) is 13.5. The van der Waals surface area contributed by atoms with Crippen LogP contribution in [0.1, 0.15) is 15.9 Å². The van der Waals surface area contributed by atoms with E-state index in [1.807, 2.05) is 13.0 Å². The second kappa shape index (κ2) is 5.10. The Hall–Kier alpha value is -2.53. The number of halogens is 1. The van der Waals surface area contributed by atoms with Gasteiger partial charge in [-0.1, -0.05) is 11.6 Å². The van der Waals surface area contributed by atoms with Gasteiger partial charge in [0, 0.05) is 22.8 Å². The molecule has 0 aliphatic carbocycles. The molecule has 0 aliphatic heterocycles. The van der Waals surface area contributed by atoms with Crippen LogP contribution in [0.3, 0.4) is 0 Å². The van der Waals surface area contributed by atoms with Gasteiger partial charge in [0.1, 0.15) is 5.15 Å². The number of aromatic nitrogens is 2. The van der Waals surface area contributed by atoms with Gasteiger partial charge in [-0.25, -0.2) is 4.98 Å². The molecule has 0 unspecified atom stereocenters. The molecule has 6 heteroatoms. The molecule has 1 aromatic carbocycles. The van der Waals surface area contributed by atoms with E-state index in [0.29, 0.717) is 22.1 Å². The van der Waals surface area contributed by atoms with Crippen molar-refractivity contribution in [3.63, 3.8) is 0 Å². The Kier molecular flexibility index (Phi) is 3.27. The number of hydrogen-bond acceptors (Lipinski definition) is 3. The molecule has 0 aliphatic rings. The van der Waals surface area contributed by atoms with Crippen LogP contribution >= 0.6 is 11.6 Å². The molecule has 3 aromatic rings. The van der Waals surface area contributed by atoms with Crippen molar-refractivity contribution in [2.24, 2.45) is 0 Å². The van der Waals surface area contributed by atoms with Gasteiger partial charge in [-0.3, -0.25) is 4.79 Å². The zero-order chi connectivity index (χ0) is 15.0. The van der Waals surface area contributed by atoms with Crippen LogP contribution in [0, 0.1) is 6.92 Å². The zero-order valence-corrected chi connectivity index (χ0v) is 12.0. The van der Waals surface area contributed by atoms with E-state index in [-0.39, 0.29) is 5.91 Å². The van der Waals surface area contributed by atoms with E-state index in [2.05, 4.69) is 15.3 Å². The van der Waals surface area contributed by atoms with Gasteiger partial charge in [-0.05, 0) is 36.8 Å². The van der Waals surface area contributed by atoms with Crippen molar-refractivity contribution in [3.05, 3.63) is 52.9 Å². The number of pyridine rings is 1. The molecule has 0 saturated carbocycles. The number of rotatable bonds is 2. The zero-order valence-electron chi connectivity index (χ0n) is 11.3. The average molecular weight is 301 g/mol. The molecule has 0 fully saturated rings. The first-order valence-electron chi connectivity index (χ1n) is 6.34. The number of carbonyl (C=O) groups is 1. The van der Waals surface area contributed by atoms with Crippen molar-refractivity contribution in [1.29, 1.82) is 0 Å². The number of anilines is 2. The molecule has 0 spiro atoms. The third kappa shape index (κ3) is 2.55. The van der Waals surface area contributed by atoms with Crippen LogP contribution in [-0.4, -0.2) is 15.9 Å².